The van der Waals surface area contributed by atoms with Crippen LogP contribution in [0.5, 0.6) is 0 Å². The van der Waals surface area contributed by atoms with Crippen molar-refractivity contribution in [1.82, 2.24) is 14.8 Å². The van der Waals surface area contributed by atoms with Gasteiger partial charge in [-0.05, 0) is 53.6 Å². The van der Waals surface area contributed by atoms with Crippen LogP contribution >= 0.6 is 23.2 Å². The summed E-state index contributed by atoms with van der Waals surface area (Å²) < 4.78 is 29.7. The highest BCUT2D eigenvalue weighted by atomic mass is 35.5. The van der Waals surface area contributed by atoms with Crippen molar-refractivity contribution in [2.75, 3.05) is 10.0 Å². The molecular weight excluding hydrogens is 481 g/mol. The topological polar surface area (TPSA) is 88.9 Å². The first-order valence-electron chi connectivity index (χ1n) is 9.94. The predicted molar refractivity (Wildman–Crippen MR) is 130 cm³/mol. The lowest BCUT2D eigenvalue weighted by Crippen LogP contribution is -2.20. The van der Waals surface area contributed by atoms with Gasteiger partial charge in [0.25, 0.3) is 16.0 Å². The Hall–Kier alpha value is -3.33. The second-order valence-corrected chi connectivity index (χ2v) is 9.89. The minimum atomic E-state index is -3.89. The summed E-state index contributed by atoms with van der Waals surface area (Å²) in [4.78, 5) is 4.47. The van der Waals surface area contributed by atoms with Crippen LogP contribution in [-0.4, -0.2) is 23.2 Å². The Labute approximate surface area is 200 Å². The zero-order valence-corrected chi connectivity index (χ0v) is 19.3. The molecule has 2 N–H and O–H groups in total. The molecule has 1 aliphatic rings. The number of halogens is 2. The van der Waals surface area contributed by atoms with Gasteiger partial charge in [-0.25, -0.2) is 17.8 Å². The number of hydrogen-bond acceptors (Lipinski definition) is 5. The fourth-order valence-corrected chi connectivity index (χ4v) is 4.71. The van der Waals surface area contributed by atoms with Gasteiger partial charge in [-0.1, -0.05) is 65.7 Å². The quantitative estimate of drug-likeness (QED) is 0.383. The minimum absolute atomic E-state index is 0.0425. The number of aromatic nitrogens is 3. The third-order valence-electron chi connectivity index (χ3n) is 5.11. The van der Waals surface area contributed by atoms with Crippen LogP contribution in [0.1, 0.15) is 17.2 Å². The van der Waals surface area contributed by atoms with Crippen LogP contribution in [-0.2, 0) is 10.0 Å². The number of anilines is 2. The molecule has 0 saturated carbocycles. The zero-order chi connectivity index (χ0) is 23.0. The highest BCUT2D eigenvalue weighted by Gasteiger charge is 2.27. The van der Waals surface area contributed by atoms with Crippen LogP contribution in [0.2, 0.25) is 10.0 Å². The van der Waals surface area contributed by atoms with E-state index in [2.05, 4.69) is 20.1 Å². The van der Waals surface area contributed by atoms with Gasteiger partial charge in [-0.2, -0.15) is 4.98 Å². The second-order valence-electron chi connectivity index (χ2n) is 7.33. The third-order valence-corrected chi connectivity index (χ3v) is 6.96. The first kappa shape index (κ1) is 21.5. The number of hydrogen-bond donors (Lipinski definition) is 2. The third kappa shape index (κ3) is 4.45. The lowest BCUT2D eigenvalue weighted by atomic mass is 10.0. The smallest absolute Gasteiger partial charge is 0.264 e. The average molecular weight is 498 g/mol. The fraction of sp³-hybridized carbons (Fsp3) is 0.0435. The molecule has 0 spiro atoms. The number of fused-ring (bicyclic) bond motifs is 1. The van der Waals surface area contributed by atoms with Crippen molar-refractivity contribution in [3.05, 3.63) is 106 Å². The summed E-state index contributed by atoms with van der Waals surface area (Å²) >= 11 is 11.9. The molecule has 0 unspecified atom stereocenters. The number of rotatable bonds is 5. The molecule has 0 amide bonds. The lowest BCUT2D eigenvalue weighted by molar-refractivity contribution is 0.598. The van der Waals surface area contributed by atoms with E-state index in [0.29, 0.717) is 16.0 Å². The summed E-state index contributed by atoms with van der Waals surface area (Å²) in [5.41, 5.74) is 2.70. The summed E-state index contributed by atoms with van der Waals surface area (Å²) in [6, 6.07) is 22.8. The molecule has 0 aliphatic carbocycles. The largest absolute Gasteiger partial charge is 0.324 e. The van der Waals surface area contributed by atoms with E-state index in [-0.39, 0.29) is 16.9 Å². The number of allylic oxidation sites excluding steroid dienone is 1. The van der Waals surface area contributed by atoms with Crippen molar-refractivity contribution < 1.29 is 8.42 Å². The van der Waals surface area contributed by atoms with E-state index in [1.807, 2.05) is 60.7 Å². The molecule has 1 aromatic heterocycles. The zero-order valence-electron chi connectivity index (χ0n) is 17.0. The molecule has 0 fully saturated rings. The van der Waals surface area contributed by atoms with Crippen LogP contribution in [0.3, 0.4) is 0 Å². The van der Waals surface area contributed by atoms with Gasteiger partial charge in [-0.15, -0.1) is 5.10 Å². The van der Waals surface area contributed by atoms with Gasteiger partial charge < -0.3 is 5.32 Å². The first-order valence-corrected chi connectivity index (χ1v) is 12.2. The van der Waals surface area contributed by atoms with Gasteiger partial charge >= 0.3 is 0 Å². The molecule has 5 rings (SSSR count). The maximum Gasteiger partial charge on any atom is 0.264 e. The standard InChI is InChI=1S/C23H17Cl2N5O2S/c24-17-8-6-15(7-9-17)20-14-21(16-4-2-1-3-5-16)30-23(26-20)27-22(28-30)29-33(31,32)19-12-10-18(25)11-13-19/h1-14,21H,(H2,26,27,28,29)/t21-/m1/s1. The Morgan fingerprint density at radius 1 is 0.879 bits per heavy atom. The molecule has 0 bridgehead atoms. The van der Waals surface area contributed by atoms with Crippen molar-refractivity contribution >= 4 is 50.8 Å². The van der Waals surface area contributed by atoms with Crippen LogP contribution in [0.15, 0.2) is 89.8 Å². The maximum atomic E-state index is 12.8. The first-order chi connectivity index (χ1) is 15.9. The number of nitrogens with one attached hydrogen (secondary N) is 2. The van der Waals surface area contributed by atoms with Gasteiger partial charge in [0.1, 0.15) is 6.04 Å². The number of benzene rings is 3. The Bertz CT molecular complexity index is 1430. The molecular formula is C23H17Cl2N5O2S. The Morgan fingerprint density at radius 3 is 2.18 bits per heavy atom. The molecule has 1 atom stereocenters. The molecule has 4 aromatic rings. The summed E-state index contributed by atoms with van der Waals surface area (Å²) in [6.07, 6.45) is 2.01. The van der Waals surface area contributed by atoms with E-state index in [0.717, 1.165) is 16.8 Å². The SMILES string of the molecule is O=S(=O)(Nc1nc2n(n1)[C@@H](c1ccccc1)C=C(c1ccc(Cl)cc1)N2)c1ccc(Cl)cc1. The van der Waals surface area contributed by atoms with E-state index < -0.39 is 10.0 Å². The van der Waals surface area contributed by atoms with Crippen LogP contribution in [0.25, 0.3) is 5.70 Å². The summed E-state index contributed by atoms with van der Waals surface area (Å²) in [5.74, 6) is 0.365. The lowest BCUT2D eigenvalue weighted by Gasteiger charge is -2.24. The normalized spacial score (nSPS) is 15.3. The van der Waals surface area contributed by atoms with Crippen molar-refractivity contribution in [2.45, 2.75) is 10.9 Å². The van der Waals surface area contributed by atoms with Gasteiger partial charge in [0, 0.05) is 15.7 Å². The monoisotopic (exact) mass is 497 g/mol. The molecule has 7 nitrogen and oxygen atoms in total. The summed E-state index contributed by atoms with van der Waals surface area (Å²) in [6.45, 7) is 0. The van der Waals surface area contributed by atoms with E-state index in [1.54, 1.807) is 4.68 Å². The fourth-order valence-electron chi connectivity index (χ4n) is 3.51. The van der Waals surface area contributed by atoms with Crippen LogP contribution in [0.4, 0.5) is 11.9 Å². The molecule has 1 aliphatic heterocycles. The van der Waals surface area contributed by atoms with E-state index in [9.17, 15) is 8.42 Å². The van der Waals surface area contributed by atoms with Crippen molar-refractivity contribution in [3.8, 4) is 0 Å². The van der Waals surface area contributed by atoms with Crippen LogP contribution < -0.4 is 10.0 Å². The number of nitrogens with zero attached hydrogens (tertiary/aromatic N) is 3. The Kier molecular flexibility index (Phi) is 5.57. The van der Waals surface area contributed by atoms with Gasteiger partial charge in [-0.3, -0.25) is 0 Å². The predicted octanol–water partition coefficient (Wildman–Crippen LogP) is 5.44. The van der Waals surface area contributed by atoms with Crippen LogP contribution in [0, 0.1) is 0 Å². The summed E-state index contributed by atoms with van der Waals surface area (Å²) in [5, 5.41) is 8.76. The molecule has 33 heavy (non-hydrogen) atoms. The highest BCUT2D eigenvalue weighted by Crippen LogP contribution is 2.33. The second kappa shape index (κ2) is 8.55. The minimum Gasteiger partial charge on any atom is -0.324 e. The van der Waals surface area contributed by atoms with Crippen molar-refractivity contribution in [3.63, 3.8) is 0 Å². The molecule has 2 heterocycles. The molecule has 0 radical (unpaired) electrons. The Morgan fingerprint density at radius 2 is 1.52 bits per heavy atom. The number of sulfonamides is 1. The molecule has 0 saturated heterocycles. The molecule has 166 valence electrons. The van der Waals surface area contributed by atoms with Gasteiger partial charge in [0.15, 0.2) is 0 Å². The maximum absolute atomic E-state index is 12.8. The average Bonchev–Trinajstić information content (AvgIpc) is 3.21. The van der Waals surface area contributed by atoms with E-state index in [4.69, 9.17) is 23.2 Å². The van der Waals surface area contributed by atoms with E-state index in [1.165, 1.54) is 24.3 Å². The molecule has 3 aromatic carbocycles. The summed E-state index contributed by atoms with van der Waals surface area (Å²) in [7, 11) is -3.89. The van der Waals surface area contributed by atoms with E-state index >= 15 is 0 Å². The highest BCUT2D eigenvalue weighted by molar-refractivity contribution is 7.92. The Balaban J connectivity index is 1.52. The van der Waals surface area contributed by atoms with Crippen molar-refractivity contribution in [1.29, 1.82) is 0 Å². The molecule has 10 heteroatoms. The van der Waals surface area contributed by atoms with Crippen molar-refractivity contribution in [2.24, 2.45) is 0 Å². The van der Waals surface area contributed by atoms with Gasteiger partial charge in [0.2, 0.25) is 5.95 Å². The van der Waals surface area contributed by atoms with Gasteiger partial charge in [0.05, 0.1) is 4.90 Å².